The number of rotatable bonds is 5. The molecule has 0 aromatic carbocycles. The number of morpholine rings is 1. The van der Waals surface area contributed by atoms with Gasteiger partial charge in [-0.2, -0.15) is 4.98 Å². The number of piperidine rings is 1. The Morgan fingerprint density at radius 3 is 2.70 bits per heavy atom. The maximum Gasteiger partial charge on any atom is 0.293 e. The van der Waals surface area contributed by atoms with E-state index in [0.29, 0.717) is 25.1 Å². The normalized spacial score (nSPS) is 22.2. The highest BCUT2D eigenvalue weighted by atomic mass is 16.5. The highest BCUT2D eigenvalue weighted by Gasteiger charge is 2.30. The van der Waals surface area contributed by atoms with Crippen molar-refractivity contribution in [2.24, 2.45) is 0 Å². The Morgan fingerprint density at radius 2 is 1.90 bits per heavy atom. The summed E-state index contributed by atoms with van der Waals surface area (Å²) in [4.78, 5) is 33.2. The Balaban J connectivity index is 1.33. The topological polar surface area (TPSA) is 79.6 Å². The standard InChI is InChI=1S/C21H29N7O2/c1-25(18-6-7-23-21(24-18)26-11-13-30-14-12-26)17-3-2-9-27(15-17)19-20(29)28(10-8-22-19)16-4-5-16/h6-8,10,16-17H,2-5,9,11-15H2,1H3. The summed E-state index contributed by atoms with van der Waals surface area (Å²) < 4.78 is 7.29. The Labute approximate surface area is 176 Å². The van der Waals surface area contributed by atoms with Crippen LogP contribution in [-0.4, -0.2) is 72.0 Å². The van der Waals surface area contributed by atoms with Crippen LogP contribution in [0.5, 0.6) is 0 Å². The van der Waals surface area contributed by atoms with Crippen LogP contribution in [0.2, 0.25) is 0 Å². The Morgan fingerprint density at radius 1 is 1.07 bits per heavy atom. The van der Waals surface area contributed by atoms with Gasteiger partial charge in [0.1, 0.15) is 5.82 Å². The van der Waals surface area contributed by atoms with E-state index >= 15 is 0 Å². The van der Waals surface area contributed by atoms with Gasteiger partial charge in [0.25, 0.3) is 5.56 Å². The molecule has 1 saturated carbocycles. The number of ether oxygens (including phenoxy) is 1. The molecule has 2 aromatic rings. The maximum absolute atomic E-state index is 12.9. The first-order chi connectivity index (χ1) is 14.7. The van der Waals surface area contributed by atoms with Crippen molar-refractivity contribution in [1.82, 2.24) is 19.5 Å². The van der Waals surface area contributed by atoms with Crippen LogP contribution >= 0.6 is 0 Å². The Kier molecular flexibility index (Phi) is 5.28. The average Bonchev–Trinajstić information content (AvgIpc) is 3.65. The van der Waals surface area contributed by atoms with E-state index in [0.717, 1.165) is 63.6 Å². The second kappa shape index (κ2) is 8.22. The zero-order valence-electron chi connectivity index (χ0n) is 17.5. The van der Waals surface area contributed by atoms with Gasteiger partial charge in [0.15, 0.2) is 5.82 Å². The first-order valence-corrected chi connectivity index (χ1v) is 10.9. The SMILES string of the molecule is CN(c1ccnc(N2CCOCC2)n1)C1CCCN(c2nccn(C3CC3)c2=O)C1. The van der Waals surface area contributed by atoms with Crippen molar-refractivity contribution in [3.63, 3.8) is 0 Å². The molecule has 9 nitrogen and oxygen atoms in total. The predicted octanol–water partition coefficient (Wildman–Crippen LogP) is 1.31. The van der Waals surface area contributed by atoms with Gasteiger partial charge in [-0.05, 0) is 31.7 Å². The zero-order chi connectivity index (χ0) is 20.5. The lowest BCUT2D eigenvalue weighted by Gasteiger charge is -2.38. The summed E-state index contributed by atoms with van der Waals surface area (Å²) in [5.41, 5.74) is 0.0416. The van der Waals surface area contributed by atoms with Crippen molar-refractivity contribution in [3.05, 3.63) is 35.0 Å². The van der Waals surface area contributed by atoms with E-state index in [4.69, 9.17) is 9.72 Å². The number of hydrogen-bond donors (Lipinski definition) is 0. The minimum absolute atomic E-state index is 0.0416. The van der Waals surface area contributed by atoms with E-state index in [1.807, 2.05) is 23.0 Å². The molecule has 2 aromatic heterocycles. The molecule has 3 aliphatic rings. The molecule has 30 heavy (non-hydrogen) atoms. The van der Waals surface area contributed by atoms with Gasteiger partial charge in [-0.1, -0.05) is 0 Å². The third-order valence-corrected chi connectivity index (χ3v) is 6.32. The Bertz CT molecular complexity index is 939. The van der Waals surface area contributed by atoms with Crippen LogP contribution < -0.4 is 20.3 Å². The third-order valence-electron chi connectivity index (χ3n) is 6.32. The minimum atomic E-state index is 0.0416. The molecule has 0 spiro atoms. The summed E-state index contributed by atoms with van der Waals surface area (Å²) in [6, 6.07) is 2.59. The van der Waals surface area contributed by atoms with Crippen LogP contribution in [-0.2, 0) is 4.74 Å². The van der Waals surface area contributed by atoms with Crippen molar-refractivity contribution < 1.29 is 4.74 Å². The van der Waals surface area contributed by atoms with E-state index in [9.17, 15) is 4.79 Å². The summed E-state index contributed by atoms with van der Waals surface area (Å²) in [5.74, 6) is 2.25. The van der Waals surface area contributed by atoms with Gasteiger partial charge in [0.05, 0.1) is 13.2 Å². The first kappa shape index (κ1) is 19.3. The minimum Gasteiger partial charge on any atom is -0.378 e. The molecule has 0 N–H and O–H groups in total. The molecule has 2 saturated heterocycles. The first-order valence-electron chi connectivity index (χ1n) is 10.9. The number of anilines is 3. The van der Waals surface area contributed by atoms with Crippen molar-refractivity contribution >= 4 is 17.6 Å². The highest BCUT2D eigenvalue weighted by molar-refractivity contribution is 5.46. The van der Waals surface area contributed by atoms with Crippen molar-refractivity contribution in [1.29, 1.82) is 0 Å². The van der Waals surface area contributed by atoms with Gasteiger partial charge in [0.2, 0.25) is 5.95 Å². The zero-order valence-corrected chi connectivity index (χ0v) is 17.5. The van der Waals surface area contributed by atoms with Crippen LogP contribution in [0.3, 0.4) is 0 Å². The molecule has 5 rings (SSSR count). The molecule has 160 valence electrons. The van der Waals surface area contributed by atoms with Gasteiger partial charge in [0, 0.05) is 63.9 Å². The summed E-state index contributed by atoms with van der Waals surface area (Å²) in [7, 11) is 2.08. The molecule has 0 radical (unpaired) electrons. The highest BCUT2D eigenvalue weighted by Crippen LogP contribution is 2.33. The quantitative estimate of drug-likeness (QED) is 0.729. The van der Waals surface area contributed by atoms with Gasteiger partial charge in [-0.15, -0.1) is 0 Å². The summed E-state index contributed by atoms with van der Waals surface area (Å²) in [5, 5.41) is 0. The van der Waals surface area contributed by atoms with Crippen LogP contribution in [0.1, 0.15) is 31.7 Å². The number of nitrogens with zero attached hydrogens (tertiary/aromatic N) is 7. The lowest BCUT2D eigenvalue weighted by molar-refractivity contribution is 0.122. The summed E-state index contributed by atoms with van der Waals surface area (Å²) >= 11 is 0. The van der Waals surface area contributed by atoms with Gasteiger partial charge in [-0.25, -0.2) is 9.97 Å². The third kappa shape index (κ3) is 3.86. The van der Waals surface area contributed by atoms with Crippen molar-refractivity contribution in [2.75, 3.05) is 61.1 Å². The fraction of sp³-hybridized carbons (Fsp3) is 0.619. The van der Waals surface area contributed by atoms with E-state index in [-0.39, 0.29) is 11.6 Å². The Hall–Kier alpha value is -2.68. The number of hydrogen-bond acceptors (Lipinski definition) is 8. The molecule has 4 heterocycles. The molecule has 3 fully saturated rings. The molecular formula is C21H29N7O2. The van der Waals surface area contributed by atoms with E-state index in [1.165, 1.54) is 0 Å². The van der Waals surface area contributed by atoms with E-state index in [2.05, 4.69) is 31.7 Å². The number of likely N-dealkylation sites (N-methyl/N-ethyl adjacent to an activating group) is 1. The fourth-order valence-corrected chi connectivity index (χ4v) is 4.37. The van der Waals surface area contributed by atoms with Crippen LogP contribution in [0.15, 0.2) is 29.5 Å². The van der Waals surface area contributed by atoms with Crippen LogP contribution in [0, 0.1) is 0 Å². The fourth-order valence-electron chi connectivity index (χ4n) is 4.37. The lowest BCUT2D eigenvalue weighted by atomic mass is 10.0. The van der Waals surface area contributed by atoms with Crippen LogP contribution in [0.25, 0.3) is 0 Å². The van der Waals surface area contributed by atoms with Crippen molar-refractivity contribution in [2.45, 2.75) is 37.8 Å². The predicted molar refractivity (Wildman–Crippen MR) is 115 cm³/mol. The molecule has 0 amide bonds. The van der Waals surface area contributed by atoms with Crippen molar-refractivity contribution in [3.8, 4) is 0 Å². The summed E-state index contributed by atoms with van der Waals surface area (Å²) in [6.45, 7) is 4.69. The molecule has 0 bridgehead atoms. The average molecular weight is 412 g/mol. The second-order valence-corrected chi connectivity index (χ2v) is 8.36. The van der Waals surface area contributed by atoms with Gasteiger partial charge < -0.3 is 24.0 Å². The molecule has 2 aliphatic heterocycles. The van der Waals surface area contributed by atoms with Gasteiger partial charge >= 0.3 is 0 Å². The van der Waals surface area contributed by atoms with Gasteiger partial charge in [-0.3, -0.25) is 4.79 Å². The number of aromatic nitrogens is 4. The largest absolute Gasteiger partial charge is 0.378 e. The molecule has 1 aliphatic carbocycles. The lowest BCUT2D eigenvalue weighted by Crippen LogP contribution is -2.49. The van der Waals surface area contributed by atoms with E-state index < -0.39 is 0 Å². The molecular weight excluding hydrogens is 382 g/mol. The molecule has 1 atom stereocenters. The smallest absolute Gasteiger partial charge is 0.293 e. The monoisotopic (exact) mass is 411 g/mol. The molecule has 1 unspecified atom stereocenters. The molecule has 9 heteroatoms. The van der Waals surface area contributed by atoms with E-state index in [1.54, 1.807) is 6.20 Å². The van der Waals surface area contributed by atoms with Crippen LogP contribution in [0.4, 0.5) is 17.6 Å². The summed E-state index contributed by atoms with van der Waals surface area (Å²) in [6.07, 6.45) is 9.69. The maximum atomic E-state index is 12.9. The second-order valence-electron chi connectivity index (χ2n) is 8.36.